The third kappa shape index (κ3) is 1.60. The summed E-state index contributed by atoms with van der Waals surface area (Å²) in [6.07, 6.45) is -4.59. The Morgan fingerprint density at radius 3 is 2.42 bits per heavy atom. The van der Waals surface area contributed by atoms with Crippen LogP contribution in [-0.4, -0.2) is 15.4 Å². The van der Waals surface area contributed by atoms with Crippen molar-refractivity contribution in [3.8, 4) is 0 Å². The summed E-state index contributed by atoms with van der Waals surface area (Å²) < 4.78 is 39.0. The molecule has 0 fully saturated rings. The lowest BCUT2D eigenvalue weighted by atomic mass is 10.3. The lowest BCUT2D eigenvalue weighted by molar-refractivity contribution is -0.141. The monoisotopic (exact) mass is 196 g/mol. The van der Waals surface area contributed by atoms with Gasteiger partial charge in [0.2, 0.25) is 0 Å². The quantitative estimate of drug-likeness (QED) is 0.642. The second-order valence-corrected chi connectivity index (χ2v) is 2.76. The van der Waals surface area contributed by atoms with Gasteiger partial charge >= 0.3 is 6.18 Å². The van der Waals surface area contributed by atoms with Crippen molar-refractivity contribution in [2.24, 2.45) is 0 Å². The topological polar surface area (TPSA) is 42.9 Å². The van der Waals surface area contributed by atoms with Crippen molar-refractivity contribution >= 4 is 17.3 Å². The molecular formula is C5H3F3N2OS. The van der Waals surface area contributed by atoms with Gasteiger partial charge in [-0.25, -0.2) is 0 Å². The first-order valence-electron chi connectivity index (χ1n) is 2.83. The lowest BCUT2D eigenvalue weighted by Crippen LogP contribution is -2.10. The maximum atomic E-state index is 12.0. The van der Waals surface area contributed by atoms with Gasteiger partial charge in [0.05, 0.1) is 0 Å². The molecular weight excluding hydrogens is 193 g/mol. The standard InChI is InChI=1S/C5H3F3N2OS/c1-2(11)3-4(5(6,7)8)9-10-12-3/h1H3. The second kappa shape index (κ2) is 2.81. The van der Waals surface area contributed by atoms with Gasteiger partial charge in [0.25, 0.3) is 0 Å². The Kier molecular flexibility index (Phi) is 2.14. The summed E-state index contributed by atoms with van der Waals surface area (Å²) in [6, 6.07) is 0. The van der Waals surface area contributed by atoms with E-state index in [1.165, 1.54) is 0 Å². The smallest absolute Gasteiger partial charge is 0.293 e. The molecule has 0 unspecified atom stereocenters. The molecule has 0 bridgehead atoms. The largest absolute Gasteiger partial charge is 0.436 e. The van der Waals surface area contributed by atoms with Crippen LogP contribution in [0.5, 0.6) is 0 Å². The highest BCUT2D eigenvalue weighted by molar-refractivity contribution is 7.08. The van der Waals surface area contributed by atoms with Crippen LogP contribution in [0.25, 0.3) is 0 Å². The Balaban J connectivity index is 3.17. The van der Waals surface area contributed by atoms with E-state index in [1.807, 2.05) is 0 Å². The summed E-state index contributed by atoms with van der Waals surface area (Å²) in [7, 11) is 0. The maximum Gasteiger partial charge on any atom is 0.436 e. The molecule has 1 heterocycles. The average molecular weight is 196 g/mol. The van der Waals surface area contributed by atoms with Crippen molar-refractivity contribution in [3.05, 3.63) is 10.6 Å². The van der Waals surface area contributed by atoms with Gasteiger partial charge in [0, 0.05) is 6.92 Å². The van der Waals surface area contributed by atoms with Crippen LogP contribution in [0.15, 0.2) is 0 Å². The number of hydrogen-bond donors (Lipinski definition) is 0. The van der Waals surface area contributed by atoms with E-state index in [0.717, 1.165) is 6.92 Å². The highest BCUT2D eigenvalue weighted by Gasteiger charge is 2.38. The lowest BCUT2D eigenvalue weighted by Gasteiger charge is -2.01. The van der Waals surface area contributed by atoms with Gasteiger partial charge in [-0.05, 0) is 11.5 Å². The van der Waals surface area contributed by atoms with Crippen LogP contribution in [0.2, 0.25) is 0 Å². The summed E-state index contributed by atoms with van der Waals surface area (Å²) in [5.41, 5.74) is -1.19. The first-order valence-corrected chi connectivity index (χ1v) is 3.60. The maximum absolute atomic E-state index is 12.0. The SMILES string of the molecule is CC(=O)c1snnc1C(F)(F)F. The van der Waals surface area contributed by atoms with Crippen LogP contribution >= 0.6 is 11.5 Å². The van der Waals surface area contributed by atoms with Gasteiger partial charge in [-0.2, -0.15) is 13.2 Å². The van der Waals surface area contributed by atoms with Crippen molar-refractivity contribution in [2.75, 3.05) is 0 Å². The van der Waals surface area contributed by atoms with E-state index in [1.54, 1.807) is 0 Å². The predicted octanol–water partition coefficient (Wildman–Crippen LogP) is 1.76. The Morgan fingerprint density at radius 1 is 1.50 bits per heavy atom. The van der Waals surface area contributed by atoms with Gasteiger partial charge < -0.3 is 0 Å². The Bertz CT molecular complexity index is 306. The third-order valence-electron chi connectivity index (χ3n) is 1.08. The fourth-order valence-electron chi connectivity index (χ4n) is 0.607. The van der Waals surface area contributed by atoms with E-state index >= 15 is 0 Å². The molecule has 12 heavy (non-hydrogen) atoms. The number of alkyl halides is 3. The molecule has 0 saturated heterocycles. The van der Waals surface area contributed by atoms with Crippen LogP contribution in [0, 0.1) is 0 Å². The van der Waals surface area contributed by atoms with E-state index in [4.69, 9.17) is 0 Å². The molecule has 0 amide bonds. The first kappa shape index (κ1) is 9.11. The molecule has 0 atom stereocenters. The molecule has 0 aliphatic carbocycles. The molecule has 1 rings (SSSR count). The van der Waals surface area contributed by atoms with Gasteiger partial charge in [-0.3, -0.25) is 4.79 Å². The number of nitrogens with zero attached hydrogens (tertiary/aromatic N) is 2. The Labute approximate surface area is 69.4 Å². The molecule has 0 N–H and O–H groups in total. The van der Waals surface area contributed by atoms with Crippen molar-refractivity contribution < 1.29 is 18.0 Å². The second-order valence-electron chi connectivity index (χ2n) is 2.00. The molecule has 0 aliphatic rings. The van der Waals surface area contributed by atoms with Gasteiger partial charge in [0.15, 0.2) is 11.5 Å². The number of Topliss-reactive ketones (excluding diaryl/α,β-unsaturated/α-hetero) is 1. The molecule has 0 spiro atoms. The molecule has 7 heteroatoms. The molecule has 66 valence electrons. The van der Waals surface area contributed by atoms with Crippen LogP contribution in [0.3, 0.4) is 0 Å². The molecule has 1 aromatic heterocycles. The molecule has 0 saturated carbocycles. The number of aromatic nitrogens is 2. The third-order valence-corrected chi connectivity index (χ3v) is 1.90. The molecule has 0 aliphatic heterocycles. The highest BCUT2D eigenvalue weighted by atomic mass is 32.1. The number of hydrogen-bond acceptors (Lipinski definition) is 4. The van der Waals surface area contributed by atoms with Gasteiger partial charge in [-0.15, -0.1) is 5.10 Å². The van der Waals surface area contributed by atoms with E-state index in [0.29, 0.717) is 11.5 Å². The number of ketones is 1. The average Bonchev–Trinajstić information content (AvgIpc) is 2.30. The van der Waals surface area contributed by atoms with E-state index in [-0.39, 0.29) is 0 Å². The van der Waals surface area contributed by atoms with E-state index < -0.39 is 22.5 Å². The number of halogens is 3. The minimum Gasteiger partial charge on any atom is -0.293 e. The van der Waals surface area contributed by atoms with E-state index in [9.17, 15) is 18.0 Å². The van der Waals surface area contributed by atoms with Crippen LogP contribution < -0.4 is 0 Å². The normalized spacial score (nSPS) is 11.7. The Morgan fingerprint density at radius 2 is 2.08 bits per heavy atom. The van der Waals surface area contributed by atoms with Crippen molar-refractivity contribution in [1.29, 1.82) is 0 Å². The van der Waals surface area contributed by atoms with E-state index in [2.05, 4.69) is 9.59 Å². The minimum absolute atomic E-state index is 0.442. The van der Waals surface area contributed by atoms with Crippen LogP contribution in [0.4, 0.5) is 13.2 Å². The summed E-state index contributed by atoms with van der Waals surface area (Å²) >= 11 is 0.454. The fourth-order valence-corrected chi connectivity index (χ4v) is 1.18. The zero-order valence-corrected chi connectivity index (χ0v) is 6.66. The highest BCUT2D eigenvalue weighted by Crippen LogP contribution is 2.31. The summed E-state index contributed by atoms with van der Waals surface area (Å²) in [6.45, 7) is 1.05. The molecule has 3 nitrogen and oxygen atoms in total. The zero-order chi connectivity index (χ0) is 9.35. The van der Waals surface area contributed by atoms with Crippen molar-refractivity contribution in [2.45, 2.75) is 13.1 Å². The number of rotatable bonds is 1. The van der Waals surface area contributed by atoms with Gasteiger partial charge in [0.1, 0.15) is 4.88 Å². The summed E-state index contributed by atoms with van der Waals surface area (Å²) in [4.78, 5) is 10.2. The van der Waals surface area contributed by atoms with Crippen molar-refractivity contribution in [3.63, 3.8) is 0 Å². The molecule has 1 aromatic rings. The zero-order valence-electron chi connectivity index (χ0n) is 5.84. The van der Waals surface area contributed by atoms with Crippen molar-refractivity contribution in [1.82, 2.24) is 9.59 Å². The first-order chi connectivity index (χ1) is 5.43. The van der Waals surface area contributed by atoms with Crippen LogP contribution in [0.1, 0.15) is 22.3 Å². The minimum atomic E-state index is -4.59. The summed E-state index contributed by atoms with van der Waals surface area (Å²) in [5, 5.41) is 2.83. The predicted molar refractivity (Wildman–Crippen MR) is 34.9 cm³/mol. The van der Waals surface area contributed by atoms with Gasteiger partial charge in [-0.1, -0.05) is 4.49 Å². The number of carbonyl (C=O) groups excluding carboxylic acids is 1. The van der Waals surface area contributed by atoms with Crippen LogP contribution in [-0.2, 0) is 6.18 Å². The molecule has 0 radical (unpaired) electrons. The summed E-state index contributed by atoms with van der Waals surface area (Å²) in [5.74, 6) is -0.669. The Hall–Kier alpha value is -0.980. The number of carbonyl (C=O) groups is 1. The fraction of sp³-hybridized carbons (Fsp3) is 0.400. The molecule has 0 aromatic carbocycles.